The summed E-state index contributed by atoms with van der Waals surface area (Å²) in [4.78, 5) is 10.7. The summed E-state index contributed by atoms with van der Waals surface area (Å²) in [5.41, 5.74) is 3.46. The molecule has 1 heterocycles. The molecule has 34 heavy (non-hydrogen) atoms. The topological polar surface area (TPSA) is 82.0 Å². The van der Waals surface area contributed by atoms with E-state index in [1.54, 1.807) is 0 Å². The molecule has 0 spiro atoms. The molecule has 0 radical (unpaired) electrons. The molecule has 7 heteroatoms. The molecule has 184 valence electrons. The number of hydrogen-bond donors (Lipinski definition) is 2. The Morgan fingerprint density at radius 3 is 2.24 bits per heavy atom. The van der Waals surface area contributed by atoms with Crippen molar-refractivity contribution in [2.45, 2.75) is 26.3 Å². The third-order valence-electron chi connectivity index (χ3n) is 5.26. The first-order valence-corrected chi connectivity index (χ1v) is 11.9. The summed E-state index contributed by atoms with van der Waals surface area (Å²) in [5, 5.41) is 7.22. The lowest BCUT2D eigenvalue weighted by Gasteiger charge is -2.08. The van der Waals surface area contributed by atoms with Crippen molar-refractivity contribution in [3.63, 3.8) is 0 Å². The van der Waals surface area contributed by atoms with Gasteiger partial charge in [0, 0.05) is 38.4 Å². The summed E-state index contributed by atoms with van der Waals surface area (Å²) in [6.07, 6.45) is 1.88. The first-order chi connectivity index (χ1) is 16.7. The molecule has 0 aliphatic rings. The third-order valence-corrected chi connectivity index (χ3v) is 5.26. The second-order valence-corrected chi connectivity index (χ2v) is 8.07. The molecule has 0 bridgehead atoms. The first kappa shape index (κ1) is 25.9. The molecule has 2 aromatic carbocycles. The van der Waals surface area contributed by atoms with Gasteiger partial charge in [-0.05, 0) is 29.7 Å². The predicted molar refractivity (Wildman–Crippen MR) is 133 cm³/mol. The Morgan fingerprint density at radius 2 is 1.50 bits per heavy atom. The molecule has 0 atom stereocenters. The lowest BCUT2D eigenvalue weighted by molar-refractivity contribution is -0.119. The van der Waals surface area contributed by atoms with Crippen molar-refractivity contribution in [2.75, 3.05) is 52.7 Å². The summed E-state index contributed by atoms with van der Waals surface area (Å²) in [5.74, 6) is 0.977. The van der Waals surface area contributed by atoms with Crippen LogP contribution in [0.2, 0.25) is 0 Å². The van der Waals surface area contributed by atoms with Gasteiger partial charge in [0.2, 0.25) is 5.91 Å². The fourth-order valence-electron chi connectivity index (χ4n) is 3.49. The molecule has 7 nitrogen and oxygen atoms in total. The van der Waals surface area contributed by atoms with Gasteiger partial charge in [-0.2, -0.15) is 0 Å². The van der Waals surface area contributed by atoms with Gasteiger partial charge in [-0.1, -0.05) is 42.5 Å². The van der Waals surface area contributed by atoms with E-state index < -0.39 is 0 Å². The van der Waals surface area contributed by atoms with E-state index in [0.29, 0.717) is 46.2 Å². The highest BCUT2D eigenvalue weighted by Gasteiger charge is 2.05. The lowest BCUT2D eigenvalue weighted by atomic mass is 10.1. The molecule has 1 aromatic heterocycles. The van der Waals surface area contributed by atoms with E-state index in [0.717, 1.165) is 42.7 Å². The van der Waals surface area contributed by atoms with Crippen molar-refractivity contribution in [2.24, 2.45) is 0 Å². The lowest BCUT2D eigenvalue weighted by Crippen LogP contribution is -2.25. The monoisotopic (exact) mass is 468 g/mol. The molecule has 0 unspecified atom stereocenters. The number of hydrogen-bond acceptors (Lipinski definition) is 6. The number of furan rings is 1. The van der Waals surface area contributed by atoms with E-state index in [-0.39, 0.29) is 5.91 Å². The van der Waals surface area contributed by atoms with E-state index in [9.17, 15) is 4.79 Å². The third kappa shape index (κ3) is 10.1. The number of benzene rings is 2. The molecule has 0 fully saturated rings. The van der Waals surface area contributed by atoms with Gasteiger partial charge in [0.05, 0.1) is 39.6 Å². The van der Waals surface area contributed by atoms with Crippen molar-refractivity contribution in [3.05, 3.63) is 71.5 Å². The summed E-state index contributed by atoms with van der Waals surface area (Å²) < 4.78 is 22.5. The number of ether oxygens (including phenoxy) is 3. The Kier molecular flexibility index (Phi) is 11.6. The second-order valence-electron chi connectivity index (χ2n) is 8.07. The number of rotatable bonds is 17. The van der Waals surface area contributed by atoms with Crippen LogP contribution in [0, 0.1) is 0 Å². The fourth-order valence-corrected chi connectivity index (χ4v) is 3.49. The van der Waals surface area contributed by atoms with Crippen LogP contribution in [0.1, 0.15) is 23.8 Å². The van der Waals surface area contributed by atoms with Gasteiger partial charge < -0.3 is 29.3 Å². The number of nitrogens with one attached hydrogen (secondary N) is 2. The van der Waals surface area contributed by atoms with Gasteiger partial charge >= 0.3 is 0 Å². The van der Waals surface area contributed by atoms with E-state index in [1.165, 1.54) is 18.1 Å². The van der Waals surface area contributed by atoms with Crippen molar-refractivity contribution in [1.29, 1.82) is 0 Å². The van der Waals surface area contributed by atoms with Gasteiger partial charge in [0.1, 0.15) is 11.3 Å². The summed E-state index contributed by atoms with van der Waals surface area (Å²) in [6, 6.07) is 19.0. The first-order valence-electron chi connectivity index (χ1n) is 11.9. The molecule has 1 amide bonds. The van der Waals surface area contributed by atoms with Crippen molar-refractivity contribution in [1.82, 2.24) is 10.6 Å². The van der Waals surface area contributed by atoms with Crippen LogP contribution in [0.3, 0.4) is 0 Å². The van der Waals surface area contributed by atoms with E-state index in [1.807, 2.05) is 6.07 Å². The van der Waals surface area contributed by atoms with Gasteiger partial charge in [0.25, 0.3) is 0 Å². The highest BCUT2D eigenvalue weighted by Crippen LogP contribution is 2.22. The Bertz CT molecular complexity index is 974. The van der Waals surface area contributed by atoms with Crippen LogP contribution in [0.25, 0.3) is 11.0 Å². The van der Waals surface area contributed by atoms with Crippen LogP contribution < -0.4 is 10.6 Å². The normalized spacial score (nSPS) is 11.2. The predicted octanol–water partition coefficient (Wildman–Crippen LogP) is 3.49. The number of carbonyl (C=O) groups excluding carboxylic acids is 1. The number of aryl methyl sites for hydroxylation is 2. The average Bonchev–Trinajstić information content (AvgIpc) is 3.25. The maximum absolute atomic E-state index is 10.7. The van der Waals surface area contributed by atoms with Crippen LogP contribution in [-0.4, -0.2) is 58.6 Å². The molecular formula is C27H36N2O5. The molecule has 0 aliphatic heterocycles. The summed E-state index contributed by atoms with van der Waals surface area (Å²) >= 11 is 0. The quantitative estimate of drug-likeness (QED) is 0.295. The number of fused-ring (bicyclic) bond motifs is 1. The average molecular weight is 469 g/mol. The molecule has 3 rings (SSSR count). The van der Waals surface area contributed by atoms with E-state index in [4.69, 9.17) is 18.6 Å². The van der Waals surface area contributed by atoms with Gasteiger partial charge in [-0.15, -0.1) is 0 Å². The zero-order chi connectivity index (χ0) is 23.8. The van der Waals surface area contributed by atoms with Crippen LogP contribution in [0.5, 0.6) is 0 Å². The highest BCUT2D eigenvalue weighted by molar-refractivity contribution is 5.78. The van der Waals surface area contributed by atoms with Gasteiger partial charge in [-0.25, -0.2) is 0 Å². The van der Waals surface area contributed by atoms with Crippen LogP contribution in [0.15, 0.2) is 59.0 Å². The Balaban J connectivity index is 1.21. The minimum atomic E-state index is -0.0474. The van der Waals surface area contributed by atoms with Crippen molar-refractivity contribution < 1.29 is 23.4 Å². The Labute approximate surface area is 201 Å². The smallest absolute Gasteiger partial charge is 0.216 e. The molecule has 0 saturated heterocycles. The van der Waals surface area contributed by atoms with Crippen molar-refractivity contribution in [3.8, 4) is 0 Å². The number of carbonyl (C=O) groups is 1. The molecule has 0 aliphatic carbocycles. The highest BCUT2D eigenvalue weighted by atomic mass is 16.5. The van der Waals surface area contributed by atoms with Crippen LogP contribution in [0.4, 0.5) is 0 Å². The van der Waals surface area contributed by atoms with E-state index in [2.05, 4.69) is 59.2 Å². The number of amides is 1. The maximum atomic E-state index is 10.7. The largest absolute Gasteiger partial charge is 0.461 e. The standard InChI is InChI=1S/C27H36N2O5/c1-22(30)29-12-14-32-16-18-33-17-15-31-13-11-28-21-24-7-9-25-20-26(34-27(25)19-24)10-8-23-5-3-2-4-6-23/h2-7,9,19-20,28H,8,10-18,21H2,1H3,(H,29,30). The SMILES string of the molecule is CC(=O)NCCOCCOCCOCCNCc1ccc2cc(CCc3ccccc3)oc2c1. The molecular weight excluding hydrogens is 432 g/mol. The Hall–Kier alpha value is -2.71. The van der Waals surface area contributed by atoms with E-state index >= 15 is 0 Å². The Morgan fingerprint density at radius 1 is 0.794 bits per heavy atom. The molecule has 0 saturated carbocycles. The minimum Gasteiger partial charge on any atom is -0.461 e. The second kappa shape index (κ2) is 15.2. The molecule has 2 N–H and O–H groups in total. The van der Waals surface area contributed by atoms with Gasteiger partial charge in [-0.3, -0.25) is 4.79 Å². The minimum absolute atomic E-state index is 0.0474. The zero-order valence-electron chi connectivity index (χ0n) is 20.0. The zero-order valence-corrected chi connectivity index (χ0v) is 20.0. The fraction of sp³-hybridized carbons (Fsp3) is 0.444. The van der Waals surface area contributed by atoms with Crippen LogP contribution >= 0.6 is 0 Å². The molecule has 3 aromatic rings. The summed E-state index contributed by atoms with van der Waals surface area (Å²) in [7, 11) is 0. The van der Waals surface area contributed by atoms with Crippen molar-refractivity contribution >= 4 is 16.9 Å². The maximum Gasteiger partial charge on any atom is 0.216 e. The van der Waals surface area contributed by atoms with Crippen LogP contribution in [-0.2, 0) is 38.4 Å². The summed E-state index contributed by atoms with van der Waals surface area (Å²) in [6.45, 7) is 6.79. The van der Waals surface area contributed by atoms with Gasteiger partial charge in [0.15, 0.2) is 0 Å².